The number of benzene rings is 1. The summed E-state index contributed by atoms with van der Waals surface area (Å²) in [6, 6.07) is 5.58. The quantitative estimate of drug-likeness (QED) is 0.623. The van der Waals surface area contributed by atoms with Crippen LogP contribution < -0.4 is 5.32 Å². The number of carbonyl (C=O) groups excluding carboxylic acids is 2. The number of aliphatic hydroxyl groups is 1. The minimum absolute atomic E-state index is 0.168. The molecule has 190 valence electrons. The first-order valence-electron chi connectivity index (χ1n) is 11.4. The summed E-state index contributed by atoms with van der Waals surface area (Å²) in [4.78, 5) is 29.5. The topological polar surface area (TPSA) is 76.1 Å². The zero-order chi connectivity index (χ0) is 25.4. The lowest BCUT2D eigenvalue weighted by Crippen LogP contribution is -2.64. The van der Waals surface area contributed by atoms with Crippen molar-refractivity contribution < 1.29 is 27.9 Å². The predicted molar refractivity (Wildman–Crippen MR) is 124 cm³/mol. The molecule has 0 bridgehead atoms. The number of piperidine rings is 1. The Morgan fingerprint density at radius 3 is 2.24 bits per heavy atom. The summed E-state index contributed by atoms with van der Waals surface area (Å²) in [6.45, 7) is 4.28. The molecule has 0 radical (unpaired) electrons. The molecule has 0 aliphatic carbocycles. The predicted octanol–water partition coefficient (Wildman–Crippen LogP) is 3.08. The number of rotatable bonds is 6. The molecule has 7 nitrogen and oxygen atoms in total. The summed E-state index contributed by atoms with van der Waals surface area (Å²) >= 11 is 6.26. The van der Waals surface area contributed by atoms with Crippen LogP contribution in [0.1, 0.15) is 37.0 Å². The van der Waals surface area contributed by atoms with Crippen LogP contribution in [0.5, 0.6) is 0 Å². The summed E-state index contributed by atoms with van der Waals surface area (Å²) in [5.41, 5.74) is -2.12. The fourth-order valence-electron chi connectivity index (χ4n) is 4.53. The van der Waals surface area contributed by atoms with Crippen LogP contribution in [-0.2, 0) is 4.79 Å². The van der Waals surface area contributed by atoms with Crippen LogP contribution >= 0.6 is 11.6 Å². The Labute approximate surface area is 202 Å². The highest BCUT2D eigenvalue weighted by Crippen LogP contribution is 2.38. The lowest BCUT2D eigenvalue weighted by atomic mass is 9.87. The van der Waals surface area contributed by atoms with E-state index in [1.54, 1.807) is 26.2 Å². The third kappa shape index (κ3) is 5.13. The van der Waals surface area contributed by atoms with Crippen LogP contribution in [0.3, 0.4) is 0 Å². The lowest BCUT2D eigenvalue weighted by molar-refractivity contribution is -0.270. The normalized spacial score (nSPS) is 20.1. The summed E-state index contributed by atoms with van der Waals surface area (Å²) in [7, 11) is 3.32. The standard InChI is InChI=1S/C23H32ClF3N4O3/c1-14(2)22(34,23(25,26)27)21(33)30-9-7-17(8-10-30)31-12-16(13-31)28-15-5-6-18(19(24)11-15)20(32)29(3)4/h5-6,11,14,16-17,28,34H,7-10,12-13H2,1-4H3/t22-/m1/s1. The van der Waals surface area contributed by atoms with Crippen molar-refractivity contribution in [1.82, 2.24) is 14.7 Å². The van der Waals surface area contributed by atoms with Crippen molar-refractivity contribution in [2.24, 2.45) is 5.92 Å². The second kappa shape index (κ2) is 9.91. The Kier molecular flexibility index (Phi) is 7.74. The van der Waals surface area contributed by atoms with Gasteiger partial charge in [-0.05, 0) is 31.0 Å². The number of likely N-dealkylation sites (tertiary alicyclic amines) is 2. The molecule has 2 heterocycles. The second-order valence-electron chi connectivity index (χ2n) is 9.63. The first kappa shape index (κ1) is 26.6. The molecule has 11 heteroatoms. The van der Waals surface area contributed by atoms with Gasteiger partial charge in [0.15, 0.2) is 0 Å². The van der Waals surface area contributed by atoms with Crippen LogP contribution in [0.4, 0.5) is 18.9 Å². The van der Waals surface area contributed by atoms with Crippen molar-refractivity contribution in [2.45, 2.75) is 50.6 Å². The van der Waals surface area contributed by atoms with E-state index in [2.05, 4.69) is 10.2 Å². The highest BCUT2D eigenvalue weighted by atomic mass is 35.5. The number of alkyl halides is 3. The van der Waals surface area contributed by atoms with Gasteiger partial charge >= 0.3 is 6.18 Å². The first-order valence-corrected chi connectivity index (χ1v) is 11.7. The number of hydrogen-bond acceptors (Lipinski definition) is 5. The number of hydrogen-bond donors (Lipinski definition) is 2. The number of anilines is 1. The van der Waals surface area contributed by atoms with Crippen LogP contribution in [0.25, 0.3) is 0 Å². The van der Waals surface area contributed by atoms with Gasteiger partial charge in [-0.25, -0.2) is 0 Å². The van der Waals surface area contributed by atoms with Crippen LogP contribution in [-0.4, -0.2) is 95.8 Å². The van der Waals surface area contributed by atoms with E-state index >= 15 is 0 Å². The van der Waals surface area contributed by atoms with E-state index < -0.39 is 23.6 Å². The second-order valence-corrected chi connectivity index (χ2v) is 10.0. The van der Waals surface area contributed by atoms with Crippen molar-refractivity contribution in [3.63, 3.8) is 0 Å². The number of carbonyl (C=O) groups is 2. The van der Waals surface area contributed by atoms with Gasteiger partial charge in [-0.2, -0.15) is 13.2 Å². The summed E-state index contributed by atoms with van der Waals surface area (Å²) in [5.74, 6) is -2.70. The maximum atomic E-state index is 13.4. The van der Waals surface area contributed by atoms with E-state index in [-0.39, 0.29) is 31.1 Å². The molecule has 1 atom stereocenters. The largest absolute Gasteiger partial charge is 0.426 e. The van der Waals surface area contributed by atoms with Crippen molar-refractivity contribution in [3.8, 4) is 0 Å². The van der Waals surface area contributed by atoms with Crippen molar-refractivity contribution >= 4 is 29.1 Å². The molecule has 2 fully saturated rings. The molecule has 2 saturated heterocycles. The molecule has 2 amide bonds. The van der Waals surface area contributed by atoms with Gasteiger partial charge in [0.25, 0.3) is 11.8 Å². The molecule has 2 N–H and O–H groups in total. The molecule has 2 aliphatic rings. The van der Waals surface area contributed by atoms with Gasteiger partial charge in [0.05, 0.1) is 16.6 Å². The Bertz CT molecular complexity index is 913. The highest BCUT2D eigenvalue weighted by molar-refractivity contribution is 6.34. The van der Waals surface area contributed by atoms with Gasteiger partial charge in [-0.1, -0.05) is 25.4 Å². The molecule has 1 aromatic carbocycles. The monoisotopic (exact) mass is 504 g/mol. The smallest absolute Gasteiger partial charge is 0.380 e. The minimum Gasteiger partial charge on any atom is -0.380 e. The van der Waals surface area contributed by atoms with Gasteiger partial charge < -0.3 is 20.2 Å². The summed E-state index contributed by atoms with van der Waals surface area (Å²) in [6.07, 6.45) is -3.92. The molecule has 1 aromatic rings. The number of nitrogens with one attached hydrogen (secondary N) is 1. The highest BCUT2D eigenvalue weighted by Gasteiger charge is 2.62. The molecule has 34 heavy (non-hydrogen) atoms. The Morgan fingerprint density at radius 2 is 1.76 bits per heavy atom. The van der Waals surface area contributed by atoms with E-state index in [9.17, 15) is 27.9 Å². The van der Waals surface area contributed by atoms with Crippen LogP contribution in [0.15, 0.2) is 18.2 Å². The molecule has 2 aliphatic heterocycles. The van der Waals surface area contributed by atoms with Gasteiger partial charge in [0.2, 0.25) is 5.60 Å². The van der Waals surface area contributed by atoms with E-state index in [1.165, 1.54) is 18.7 Å². The molecule has 0 saturated carbocycles. The van der Waals surface area contributed by atoms with Gasteiger partial charge in [0, 0.05) is 57.9 Å². The SMILES string of the molecule is CC(C)[C@@](O)(C(=O)N1CCC(N2CC(Nc3ccc(C(=O)N(C)C)c(Cl)c3)C2)CC1)C(F)(F)F. The molecule has 0 spiro atoms. The maximum Gasteiger partial charge on any atom is 0.426 e. The molecular formula is C23H32ClF3N4O3. The first-order chi connectivity index (χ1) is 15.8. The van der Waals surface area contributed by atoms with E-state index in [1.807, 2.05) is 6.07 Å². The fourth-order valence-corrected chi connectivity index (χ4v) is 4.79. The Morgan fingerprint density at radius 1 is 1.18 bits per heavy atom. The summed E-state index contributed by atoms with van der Waals surface area (Å²) < 4.78 is 40.3. The van der Waals surface area contributed by atoms with Gasteiger partial charge in [-0.3, -0.25) is 14.5 Å². The van der Waals surface area contributed by atoms with Crippen molar-refractivity contribution in [2.75, 3.05) is 45.6 Å². The van der Waals surface area contributed by atoms with Crippen molar-refractivity contribution in [1.29, 1.82) is 0 Å². The molecule has 3 rings (SSSR count). The Balaban J connectivity index is 1.50. The zero-order valence-corrected chi connectivity index (χ0v) is 20.6. The molecule has 0 aromatic heterocycles. The number of amides is 2. The van der Waals surface area contributed by atoms with Gasteiger partial charge in [-0.15, -0.1) is 0 Å². The van der Waals surface area contributed by atoms with E-state index in [4.69, 9.17) is 11.6 Å². The average molecular weight is 505 g/mol. The average Bonchev–Trinajstić information content (AvgIpc) is 2.73. The van der Waals surface area contributed by atoms with E-state index in [0.29, 0.717) is 23.4 Å². The molecule has 0 unspecified atom stereocenters. The van der Waals surface area contributed by atoms with Gasteiger partial charge in [0.1, 0.15) is 0 Å². The van der Waals surface area contributed by atoms with Crippen LogP contribution in [0, 0.1) is 5.92 Å². The Hall–Kier alpha value is -2.04. The third-order valence-electron chi connectivity index (χ3n) is 6.75. The number of halogens is 4. The van der Waals surface area contributed by atoms with E-state index in [0.717, 1.165) is 23.7 Å². The zero-order valence-electron chi connectivity index (χ0n) is 19.8. The lowest BCUT2D eigenvalue weighted by Gasteiger charge is -2.48. The summed E-state index contributed by atoms with van der Waals surface area (Å²) in [5, 5.41) is 13.9. The third-order valence-corrected chi connectivity index (χ3v) is 7.06. The maximum absolute atomic E-state index is 13.4. The van der Waals surface area contributed by atoms with Crippen molar-refractivity contribution in [3.05, 3.63) is 28.8 Å². The number of nitrogens with zero attached hydrogens (tertiary/aromatic N) is 3. The minimum atomic E-state index is -5.02. The molecular weight excluding hydrogens is 473 g/mol. The fraction of sp³-hybridized carbons (Fsp3) is 0.652. The van der Waals surface area contributed by atoms with Crippen LogP contribution in [0.2, 0.25) is 5.02 Å².